The van der Waals surface area contributed by atoms with E-state index in [0.717, 1.165) is 15.7 Å². The molecule has 0 radical (unpaired) electrons. The number of nitrogens with one attached hydrogen (secondary N) is 1. The van der Waals surface area contributed by atoms with Gasteiger partial charge in [0.05, 0.1) is 28.3 Å². The lowest BCUT2D eigenvalue weighted by molar-refractivity contribution is -0.140. The van der Waals surface area contributed by atoms with Gasteiger partial charge in [0.1, 0.15) is 12.3 Å². The average Bonchev–Trinajstić information content (AvgIpc) is 3.28. The number of rotatable bonds is 4. The van der Waals surface area contributed by atoms with Gasteiger partial charge in [0.2, 0.25) is 0 Å². The third kappa shape index (κ3) is 3.93. The molecule has 2 N–H and O–H groups in total. The molecule has 166 valence electrons. The van der Waals surface area contributed by atoms with Gasteiger partial charge in [0.15, 0.2) is 0 Å². The summed E-state index contributed by atoms with van der Waals surface area (Å²) in [6, 6.07) is 15.6. The molecule has 0 spiro atoms. The number of alkyl halides is 3. The number of phenols is 1. The van der Waals surface area contributed by atoms with Crippen molar-refractivity contribution in [1.82, 2.24) is 19.7 Å². The number of hydrogen-bond acceptors (Lipinski definition) is 4. The highest BCUT2D eigenvalue weighted by Crippen LogP contribution is 2.29. The largest absolute Gasteiger partial charge is 0.508 e. The van der Waals surface area contributed by atoms with E-state index >= 15 is 0 Å². The van der Waals surface area contributed by atoms with Crippen LogP contribution in [0.25, 0.3) is 33.1 Å². The summed E-state index contributed by atoms with van der Waals surface area (Å²) in [6.45, 7) is -1.40. The van der Waals surface area contributed by atoms with E-state index < -0.39 is 18.3 Å². The normalized spacial score (nSPS) is 12.0. The molecule has 0 unspecified atom stereocenters. The van der Waals surface area contributed by atoms with Crippen molar-refractivity contribution in [1.29, 1.82) is 0 Å². The van der Waals surface area contributed by atoms with E-state index in [2.05, 4.69) is 15.2 Å². The molecule has 5 aromatic rings. The first-order valence-corrected chi connectivity index (χ1v) is 10.1. The molecular weight excluding hydrogens is 433 g/mol. The summed E-state index contributed by atoms with van der Waals surface area (Å²) in [5.74, 6) is 0.198. The lowest BCUT2D eigenvalue weighted by atomic mass is 10.0. The maximum Gasteiger partial charge on any atom is 0.406 e. The lowest BCUT2D eigenvalue weighted by Crippen LogP contribution is -2.28. The second kappa shape index (κ2) is 7.77. The summed E-state index contributed by atoms with van der Waals surface area (Å²) in [4.78, 5) is 17.2. The molecule has 0 aliphatic heterocycles. The van der Waals surface area contributed by atoms with Crippen molar-refractivity contribution in [2.45, 2.75) is 19.1 Å². The Bertz CT molecular complexity index is 1540. The van der Waals surface area contributed by atoms with Crippen LogP contribution < -0.4 is 5.56 Å². The van der Waals surface area contributed by atoms with Crippen LogP contribution in [-0.4, -0.2) is 31.0 Å². The first-order valence-electron chi connectivity index (χ1n) is 10.1. The van der Waals surface area contributed by atoms with Crippen LogP contribution in [0, 0.1) is 0 Å². The molecule has 0 saturated heterocycles. The van der Waals surface area contributed by atoms with Crippen LogP contribution in [0.2, 0.25) is 0 Å². The molecular formula is C24H17F3N4O2. The number of para-hydroxylation sites is 1. The van der Waals surface area contributed by atoms with Crippen LogP contribution in [0.4, 0.5) is 13.2 Å². The fraction of sp³-hybridized carbons (Fsp3) is 0.125. The van der Waals surface area contributed by atoms with Gasteiger partial charge in [-0.25, -0.2) is 0 Å². The van der Waals surface area contributed by atoms with Crippen molar-refractivity contribution in [3.8, 4) is 17.0 Å². The van der Waals surface area contributed by atoms with E-state index in [4.69, 9.17) is 0 Å². The van der Waals surface area contributed by atoms with Crippen molar-refractivity contribution < 1.29 is 18.3 Å². The number of H-pyrrole nitrogens is 1. The molecule has 0 atom stereocenters. The van der Waals surface area contributed by atoms with Gasteiger partial charge in [-0.1, -0.05) is 36.4 Å². The predicted molar refractivity (Wildman–Crippen MR) is 118 cm³/mol. The molecule has 5 rings (SSSR count). The van der Waals surface area contributed by atoms with Crippen molar-refractivity contribution in [3.63, 3.8) is 0 Å². The summed E-state index contributed by atoms with van der Waals surface area (Å²) in [5.41, 5.74) is 2.54. The number of nitrogens with zero attached hydrogens (tertiary/aromatic N) is 3. The van der Waals surface area contributed by atoms with Gasteiger partial charge in [-0.2, -0.15) is 18.3 Å². The maximum absolute atomic E-state index is 13.2. The smallest absolute Gasteiger partial charge is 0.406 e. The highest BCUT2D eigenvalue weighted by molar-refractivity contribution is 6.04. The molecule has 9 heteroatoms. The second-order valence-corrected chi connectivity index (χ2v) is 7.75. The number of halogens is 3. The number of hydrogen-bond donors (Lipinski definition) is 2. The summed E-state index contributed by atoms with van der Waals surface area (Å²) in [7, 11) is 0. The third-order valence-corrected chi connectivity index (χ3v) is 5.52. The van der Waals surface area contributed by atoms with Gasteiger partial charge in [-0.3, -0.25) is 19.4 Å². The summed E-state index contributed by atoms with van der Waals surface area (Å²) in [5, 5.41) is 17.1. The molecule has 0 fully saturated rings. The van der Waals surface area contributed by atoms with Crippen LogP contribution in [0.5, 0.6) is 5.75 Å². The minimum Gasteiger partial charge on any atom is -0.508 e. The van der Waals surface area contributed by atoms with Crippen LogP contribution >= 0.6 is 0 Å². The van der Waals surface area contributed by atoms with Gasteiger partial charge >= 0.3 is 6.18 Å². The molecule has 0 saturated carbocycles. The second-order valence-electron chi connectivity index (χ2n) is 7.75. The zero-order valence-corrected chi connectivity index (χ0v) is 17.1. The SMILES string of the molecule is O=c1c2cn[nH]c2c2ccc(-c3ccc(Cc4ccccc4O)cn3)cc2n1CC(F)(F)F. The van der Waals surface area contributed by atoms with E-state index in [1.165, 1.54) is 12.3 Å². The number of pyridine rings is 2. The van der Waals surface area contributed by atoms with E-state index in [9.17, 15) is 23.1 Å². The standard InChI is InChI=1S/C24H17F3N4O2/c25-24(26,27)13-31-20-10-15(6-7-17(20)22-18(23(31)33)12-29-30-22)19-8-5-14(11-28-19)9-16-3-1-2-4-21(16)32/h1-8,10-12,32H,9,13H2,(H,29,30). The number of aromatic hydroxyl groups is 1. The Morgan fingerprint density at radius 3 is 2.55 bits per heavy atom. The Kier molecular flexibility index (Phi) is 4.88. The fourth-order valence-corrected chi connectivity index (χ4v) is 3.95. The van der Waals surface area contributed by atoms with Crippen molar-refractivity contribution in [2.75, 3.05) is 0 Å². The highest BCUT2D eigenvalue weighted by Gasteiger charge is 2.30. The molecule has 3 aromatic heterocycles. The summed E-state index contributed by atoms with van der Waals surface area (Å²) >= 11 is 0. The molecule has 2 aromatic carbocycles. The molecule has 6 nitrogen and oxygen atoms in total. The minimum absolute atomic E-state index is 0.103. The van der Waals surface area contributed by atoms with Crippen LogP contribution in [0.15, 0.2) is 71.8 Å². The minimum atomic E-state index is -4.56. The molecule has 0 bridgehead atoms. The number of fused-ring (bicyclic) bond motifs is 3. The van der Waals surface area contributed by atoms with Gasteiger partial charge < -0.3 is 5.11 Å². The van der Waals surface area contributed by atoms with Crippen molar-refractivity contribution >= 4 is 21.8 Å². The third-order valence-electron chi connectivity index (χ3n) is 5.52. The number of aromatic amines is 1. The van der Waals surface area contributed by atoms with Crippen LogP contribution in [0.3, 0.4) is 0 Å². The zero-order chi connectivity index (χ0) is 23.2. The van der Waals surface area contributed by atoms with E-state index in [1.807, 2.05) is 18.2 Å². The predicted octanol–water partition coefficient (Wildman–Crippen LogP) is 4.80. The van der Waals surface area contributed by atoms with Gasteiger partial charge in [0, 0.05) is 23.6 Å². The monoisotopic (exact) mass is 450 g/mol. The maximum atomic E-state index is 13.2. The first kappa shape index (κ1) is 20.7. The van der Waals surface area contributed by atoms with E-state index in [-0.39, 0.29) is 16.7 Å². The molecule has 0 aliphatic carbocycles. The Labute approximate surface area is 185 Å². The van der Waals surface area contributed by atoms with Crippen LogP contribution in [-0.2, 0) is 13.0 Å². The molecule has 3 heterocycles. The molecule has 0 aliphatic rings. The lowest BCUT2D eigenvalue weighted by Gasteiger charge is -2.14. The van der Waals surface area contributed by atoms with Crippen molar-refractivity contribution in [3.05, 3.63) is 88.5 Å². The summed E-state index contributed by atoms with van der Waals surface area (Å²) in [6.07, 6.45) is -1.18. The van der Waals surface area contributed by atoms with E-state index in [1.54, 1.807) is 36.5 Å². The highest BCUT2D eigenvalue weighted by atomic mass is 19.4. The Balaban J connectivity index is 1.58. The Morgan fingerprint density at radius 1 is 1.00 bits per heavy atom. The average molecular weight is 450 g/mol. The van der Waals surface area contributed by atoms with Crippen LogP contribution in [0.1, 0.15) is 11.1 Å². The van der Waals surface area contributed by atoms with Gasteiger partial charge in [0.25, 0.3) is 5.56 Å². The molecule has 0 amide bonds. The Morgan fingerprint density at radius 2 is 1.82 bits per heavy atom. The molecule has 33 heavy (non-hydrogen) atoms. The Hall–Kier alpha value is -4.14. The van der Waals surface area contributed by atoms with Gasteiger partial charge in [-0.05, 0) is 29.3 Å². The topological polar surface area (TPSA) is 83.8 Å². The zero-order valence-electron chi connectivity index (χ0n) is 17.1. The fourth-order valence-electron chi connectivity index (χ4n) is 3.95. The number of benzene rings is 2. The first-order chi connectivity index (χ1) is 15.8. The van der Waals surface area contributed by atoms with Gasteiger partial charge in [-0.15, -0.1) is 0 Å². The number of phenolic OH excluding ortho intramolecular Hbond substituents is 1. The number of aromatic nitrogens is 4. The summed E-state index contributed by atoms with van der Waals surface area (Å²) < 4.78 is 40.4. The van der Waals surface area contributed by atoms with Crippen molar-refractivity contribution in [2.24, 2.45) is 0 Å². The van der Waals surface area contributed by atoms with E-state index in [0.29, 0.717) is 28.6 Å². The quantitative estimate of drug-likeness (QED) is 0.412.